The molecule has 1 aliphatic rings. The molecule has 12 nitrogen and oxygen atoms in total. The van der Waals surface area contributed by atoms with Crippen molar-refractivity contribution in [3.8, 4) is 40.1 Å². The lowest BCUT2D eigenvalue weighted by molar-refractivity contribution is -0.277. The van der Waals surface area contributed by atoms with Crippen LogP contribution in [0.2, 0.25) is 0 Å². The van der Waals surface area contributed by atoms with Crippen LogP contribution in [-0.2, 0) is 4.74 Å². The summed E-state index contributed by atoms with van der Waals surface area (Å²) in [4.78, 5) is 13.2. The molecule has 0 saturated carbocycles. The number of hydrogen-bond donors (Lipinski definition) is 8. The second kappa shape index (κ2) is 8.42. The largest absolute Gasteiger partial charge is 0.508 e. The summed E-state index contributed by atoms with van der Waals surface area (Å²) in [7, 11) is 0. The average molecular weight is 464 g/mol. The number of aliphatic hydroxyl groups excluding tert-OH is 4. The number of ether oxygens (including phenoxy) is 2. The number of hydrogen-bond acceptors (Lipinski definition) is 12. The second-order valence-electron chi connectivity index (χ2n) is 7.45. The van der Waals surface area contributed by atoms with Gasteiger partial charge in [-0.2, -0.15) is 0 Å². The van der Waals surface area contributed by atoms with Crippen molar-refractivity contribution in [3.05, 3.63) is 40.6 Å². The normalized spacial score (nSPS) is 25.3. The van der Waals surface area contributed by atoms with Crippen LogP contribution in [0.25, 0.3) is 22.3 Å². The molecule has 2 aromatic carbocycles. The van der Waals surface area contributed by atoms with Crippen molar-refractivity contribution in [1.82, 2.24) is 0 Å². The van der Waals surface area contributed by atoms with E-state index in [1.54, 1.807) is 0 Å². The molecule has 12 heteroatoms. The molecule has 0 spiro atoms. The summed E-state index contributed by atoms with van der Waals surface area (Å²) >= 11 is 0. The lowest BCUT2D eigenvalue weighted by atomic mass is 9.99. The van der Waals surface area contributed by atoms with Crippen LogP contribution in [0.5, 0.6) is 28.7 Å². The van der Waals surface area contributed by atoms with Crippen LogP contribution < -0.4 is 10.2 Å². The highest BCUT2D eigenvalue weighted by Gasteiger charge is 2.45. The highest BCUT2D eigenvalue weighted by atomic mass is 16.7. The summed E-state index contributed by atoms with van der Waals surface area (Å²) in [6, 6.07) is 5.36. The van der Waals surface area contributed by atoms with E-state index < -0.39 is 71.5 Å². The van der Waals surface area contributed by atoms with E-state index >= 15 is 0 Å². The van der Waals surface area contributed by atoms with E-state index in [0.717, 1.165) is 24.3 Å². The number of fused-ring (bicyclic) bond motifs is 1. The first-order chi connectivity index (χ1) is 15.6. The van der Waals surface area contributed by atoms with Crippen molar-refractivity contribution in [2.45, 2.75) is 30.7 Å². The van der Waals surface area contributed by atoms with E-state index in [0.29, 0.717) is 0 Å². The highest BCUT2D eigenvalue weighted by molar-refractivity contribution is 5.88. The Hall–Kier alpha value is -3.55. The van der Waals surface area contributed by atoms with Gasteiger partial charge in [-0.3, -0.25) is 4.79 Å². The maximum Gasteiger partial charge on any atom is 0.239 e. The molecule has 176 valence electrons. The Balaban J connectivity index is 1.91. The molecule has 1 aliphatic heterocycles. The van der Waals surface area contributed by atoms with Gasteiger partial charge in [-0.15, -0.1) is 0 Å². The van der Waals surface area contributed by atoms with E-state index in [1.165, 1.54) is 6.07 Å². The van der Waals surface area contributed by atoms with Gasteiger partial charge in [-0.25, -0.2) is 0 Å². The van der Waals surface area contributed by atoms with E-state index in [9.17, 15) is 45.6 Å². The summed E-state index contributed by atoms with van der Waals surface area (Å²) in [6.45, 7) is -0.740. The summed E-state index contributed by atoms with van der Waals surface area (Å²) in [5.41, 5.74) is -1.19. The molecule has 5 atom stereocenters. The minimum Gasteiger partial charge on any atom is -0.508 e. The number of benzene rings is 2. The van der Waals surface area contributed by atoms with Crippen molar-refractivity contribution in [1.29, 1.82) is 0 Å². The molecule has 0 radical (unpaired) electrons. The summed E-state index contributed by atoms with van der Waals surface area (Å²) < 4.78 is 16.5. The third-order valence-electron chi connectivity index (χ3n) is 5.24. The molecule has 2 heterocycles. The van der Waals surface area contributed by atoms with Gasteiger partial charge in [0.25, 0.3) is 0 Å². The van der Waals surface area contributed by atoms with Crippen LogP contribution in [0.15, 0.2) is 39.5 Å². The molecule has 0 bridgehead atoms. The lowest BCUT2D eigenvalue weighted by Gasteiger charge is -2.39. The molecule has 1 aromatic heterocycles. The fraction of sp³-hybridized carbons (Fsp3) is 0.286. The van der Waals surface area contributed by atoms with E-state index in [-0.39, 0.29) is 22.3 Å². The van der Waals surface area contributed by atoms with Crippen LogP contribution in [0.1, 0.15) is 0 Å². The number of phenolic OH excluding ortho intramolecular Hbond substituents is 4. The lowest BCUT2D eigenvalue weighted by Crippen LogP contribution is -2.60. The molecule has 0 amide bonds. The molecule has 33 heavy (non-hydrogen) atoms. The average Bonchev–Trinajstić information content (AvgIpc) is 2.76. The Morgan fingerprint density at radius 2 is 1.61 bits per heavy atom. The molecule has 1 saturated heterocycles. The zero-order valence-electron chi connectivity index (χ0n) is 16.7. The topological polar surface area (TPSA) is 211 Å². The van der Waals surface area contributed by atoms with Gasteiger partial charge >= 0.3 is 0 Å². The molecule has 1 fully saturated rings. The number of phenols is 4. The molecule has 4 rings (SSSR count). The van der Waals surface area contributed by atoms with Crippen molar-refractivity contribution >= 4 is 11.0 Å². The second-order valence-corrected chi connectivity index (χ2v) is 7.45. The number of rotatable bonds is 4. The molecule has 8 N–H and O–H groups in total. The van der Waals surface area contributed by atoms with Crippen molar-refractivity contribution in [3.63, 3.8) is 0 Å². The Labute approximate surface area is 184 Å². The molecule has 3 aromatic rings. The van der Waals surface area contributed by atoms with E-state index in [4.69, 9.17) is 13.9 Å². The van der Waals surface area contributed by atoms with Gasteiger partial charge in [0.15, 0.2) is 17.3 Å². The minimum atomic E-state index is -1.85. The Bertz CT molecular complexity index is 1250. The van der Waals surface area contributed by atoms with Crippen LogP contribution in [0.3, 0.4) is 0 Å². The van der Waals surface area contributed by atoms with Gasteiger partial charge in [0, 0.05) is 17.7 Å². The van der Waals surface area contributed by atoms with Crippen LogP contribution >= 0.6 is 0 Å². The summed E-state index contributed by atoms with van der Waals surface area (Å²) in [6.07, 6.45) is -8.40. The van der Waals surface area contributed by atoms with Crippen molar-refractivity contribution < 1.29 is 54.7 Å². The Morgan fingerprint density at radius 1 is 0.879 bits per heavy atom. The van der Waals surface area contributed by atoms with Crippen LogP contribution in [0, 0.1) is 0 Å². The van der Waals surface area contributed by atoms with Gasteiger partial charge in [0.1, 0.15) is 46.9 Å². The van der Waals surface area contributed by atoms with Gasteiger partial charge in [-0.1, -0.05) is 0 Å². The zero-order chi connectivity index (χ0) is 24.0. The predicted octanol–water partition coefficient (Wildman–Crippen LogP) is -0.539. The third-order valence-corrected chi connectivity index (χ3v) is 5.24. The summed E-state index contributed by atoms with van der Waals surface area (Å²) in [5.74, 6) is -3.05. The maximum absolute atomic E-state index is 13.2. The first-order valence-corrected chi connectivity index (χ1v) is 9.64. The van der Waals surface area contributed by atoms with Gasteiger partial charge in [-0.05, 0) is 18.2 Å². The minimum absolute atomic E-state index is 0.0201. The Morgan fingerprint density at radius 3 is 2.27 bits per heavy atom. The fourth-order valence-electron chi connectivity index (χ4n) is 3.51. The molecular weight excluding hydrogens is 444 g/mol. The SMILES string of the molecule is O=c1c(O[C@@H]2O[C@H](CO)C(O)[C@H](O)C2O)c(-c2ccc(O)c(O)c2)oc2cc(O)cc(O)c12. The number of aromatic hydroxyl groups is 4. The highest BCUT2D eigenvalue weighted by Crippen LogP contribution is 2.39. The van der Waals surface area contributed by atoms with E-state index in [1.807, 2.05) is 0 Å². The van der Waals surface area contributed by atoms with Crippen LogP contribution in [0.4, 0.5) is 0 Å². The first kappa shape index (κ1) is 22.6. The van der Waals surface area contributed by atoms with Gasteiger partial charge in [0.2, 0.25) is 17.5 Å². The monoisotopic (exact) mass is 464 g/mol. The van der Waals surface area contributed by atoms with Gasteiger partial charge in [0.05, 0.1) is 6.61 Å². The quantitative estimate of drug-likeness (QED) is 0.229. The van der Waals surface area contributed by atoms with Crippen LogP contribution in [-0.4, -0.2) is 78.2 Å². The summed E-state index contributed by atoms with van der Waals surface area (Å²) in [5, 5.41) is 78.7. The first-order valence-electron chi connectivity index (χ1n) is 9.64. The Kier molecular flexibility index (Phi) is 5.78. The smallest absolute Gasteiger partial charge is 0.239 e. The molecule has 0 aliphatic carbocycles. The van der Waals surface area contributed by atoms with Gasteiger partial charge < -0.3 is 54.7 Å². The molecule has 2 unspecified atom stereocenters. The predicted molar refractivity (Wildman–Crippen MR) is 109 cm³/mol. The van der Waals surface area contributed by atoms with Crippen molar-refractivity contribution in [2.75, 3.05) is 6.61 Å². The number of aliphatic hydroxyl groups is 4. The maximum atomic E-state index is 13.2. The third kappa shape index (κ3) is 3.90. The standard InChI is InChI=1S/C21H20O12/c22-6-13-15(27)17(29)18(30)21(32-13)33-20-16(28)14-11(26)4-8(23)5-12(14)31-19(20)7-1-2-9(24)10(25)3-7/h1-5,13,15,17-18,21-27,29-30H,6H2/t13-,15?,17+,18?,21+/m1/s1. The fourth-order valence-corrected chi connectivity index (χ4v) is 3.51. The van der Waals surface area contributed by atoms with E-state index in [2.05, 4.69) is 0 Å². The van der Waals surface area contributed by atoms with Crippen molar-refractivity contribution in [2.24, 2.45) is 0 Å². The zero-order valence-corrected chi connectivity index (χ0v) is 16.7. The molecular formula is C21H20O12.